The number of rotatable bonds is 3. The molecule has 142 valence electrons. The Balaban J connectivity index is 2.12. The first-order valence-corrected chi connectivity index (χ1v) is 8.91. The van der Waals surface area contributed by atoms with Crippen molar-refractivity contribution in [2.75, 3.05) is 7.05 Å². The van der Waals surface area contributed by atoms with E-state index in [9.17, 15) is 22.8 Å². The third kappa shape index (κ3) is 3.70. The van der Waals surface area contributed by atoms with Crippen molar-refractivity contribution in [3.05, 3.63) is 67.0 Å². The van der Waals surface area contributed by atoms with Gasteiger partial charge < -0.3 is 5.32 Å². The number of benzene rings is 1. The van der Waals surface area contributed by atoms with Crippen LogP contribution < -0.4 is 10.9 Å². The Bertz CT molecular complexity index is 1110. The molecule has 0 aliphatic rings. The quantitative estimate of drug-likeness (QED) is 0.709. The van der Waals surface area contributed by atoms with Crippen molar-refractivity contribution < 1.29 is 18.0 Å². The third-order valence-corrected chi connectivity index (χ3v) is 5.12. The van der Waals surface area contributed by atoms with Crippen LogP contribution in [-0.4, -0.2) is 22.3 Å². The average molecular weight is 416 g/mol. The zero-order valence-corrected chi connectivity index (χ0v) is 15.7. The van der Waals surface area contributed by atoms with Gasteiger partial charge in [0.1, 0.15) is 5.69 Å². The van der Waals surface area contributed by atoms with Gasteiger partial charge >= 0.3 is 6.18 Å². The summed E-state index contributed by atoms with van der Waals surface area (Å²) < 4.78 is 40.8. The number of carbonyl (C=O) groups is 1. The summed E-state index contributed by atoms with van der Waals surface area (Å²) >= 11 is 6.96. The van der Waals surface area contributed by atoms with E-state index in [0.29, 0.717) is 4.88 Å². The van der Waals surface area contributed by atoms with Gasteiger partial charge in [0, 0.05) is 29.4 Å². The van der Waals surface area contributed by atoms with Gasteiger partial charge in [-0.05, 0) is 30.7 Å². The molecule has 0 spiro atoms. The molecule has 0 saturated heterocycles. The maximum absolute atomic E-state index is 13.2. The number of hydrogen-bond acceptors (Lipinski definition) is 4. The zero-order valence-electron chi connectivity index (χ0n) is 14.1. The molecule has 1 N–H and O–H groups in total. The summed E-state index contributed by atoms with van der Waals surface area (Å²) in [4.78, 5) is 29.6. The van der Waals surface area contributed by atoms with Gasteiger partial charge in [-0.2, -0.15) is 13.2 Å². The maximum Gasteiger partial charge on any atom is 0.416 e. The fraction of sp³-hybridized carbons (Fsp3) is 0.235. The van der Waals surface area contributed by atoms with Crippen LogP contribution >= 0.6 is 22.9 Å². The van der Waals surface area contributed by atoms with E-state index in [2.05, 4.69) is 10.3 Å². The second-order valence-corrected chi connectivity index (χ2v) is 7.38. The van der Waals surface area contributed by atoms with E-state index in [1.807, 2.05) is 0 Å². The lowest BCUT2D eigenvalue weighted by molar-refractivity contribution is -0.138. The van der Waals surface area contributed by atoms with Gasteiger partial charge in [0.15, 0.2) is 4.96 Å². The van der Waals surface area contributed by atoms with Gasteiger partial charge in [-0.3, -0.25) is 9.59 Å². The molecule has 27 heavy (non-hydrogen) atoms. The van der Waals surface area contributed by atoms with Gasteiger partial charge in [0.2, 0.25) is 0 Å². The van der Waals surface area contributed by atoms with Crippen molar-refractivity contribution in [2.24, 2.45) is 0 Å². The molecule has 0 aliphatic heterocycles. The van der Waals surface area contributed by atoms with Gasteiger partial charge in [-0.1, -0.05) is 11.6 Å². The van der Waals surface area contributed by atoms with Crippen LogP contribution in [0.3, 0.4) is 0 Å². The minimum atomic E-state index is -4.55. The van der Waals surface area contributed by atoms with Crippen LogP contribution in [0.25, 0.3) is 4.96 Å². The Hall–Kier alpha value is -2.39. The van der Waals surface area contributed by atoms with E-state index in [4.69, 9.17) is 11.6 Å². The van der Waals surface area contributed by atoms with Crippen molar-refractivity contribution in [1.82, 2.24) is 14.7 Å². The highest BCUT2D eigenvalue weighted by Crippen LogP contribution is 2.34. The molecule has 0 unspecified atom stereocenters. The number of thiazole rings is 1. The first kappa shape index (κ1) is 19.4. The van der Waals surface area contributed by atoms with Gasteiger partial charge in [-0.25, -0.2) is 9.38 Å². The minimum absolute atomic E-state index is 0.0777. The number of amides is 1. The van der Waals surface area contributed by atoms with Crippen LogP contribution in [0.5, 0.6) is 0 Å². The predicted octanol–water partition coefficient (Wildman–Crippen LogP) is 3.69. The number of fused-ring (bicyclic) bond motifs is 1. The van der Waals surface area contributed by atoms with Crippen molar-refractivity contribution in [2.45, 2.75) is 19.5 Å². The van der Waals surface area contributed by atoms with Crippen LogP contribution in [0.2, 0.25) is 5.02 Å². The molecule has 2 aromatic heterocycles. The molecule has 10 heteroatoms. The van der Waals surface area contributed by atoms with Gasteiger partial charge in [-0.15, -0.1) is 11.3 Å². The Morgan fingerprint density at radius 2 is 2.04 bits per heavy atom. The summed E-state index contributed by atoms with van der Waals surface area (Å²) in [6.07, 6.45) is -4.77. The Labute approximate surface area is 160 Å². The maximum atomic E-state index is 13.2. The number of hydrogen-bond donors (Lipinski definition) is 1. The highest BCUT2D eigenvalue weighted by Gasteiger charge is 2.33. The van der Waals surface area contributed by atoms with Crippen LogP contribution in [0, 0.1) is 6.92 Å². The number of nitrogens with zero attached hydrogens (tertiary/aromatic N) is 2. The molecule has 0 atom stereocenters. The Kier molecular flexibility index (Phi) is 5.00. The summed E-state index contributed by atoms with van der Waals surface area (Å²) in [6.45, 7) is 1.67. The number of halogens is 4. The largest absolute Gasteiger partial charge is 0.416 e. The molecule has 0 radical (unpaired) electrons. The molecule has 5 nitrogen and oxygen atoms in total. The van der Waals surface area contributed by atoms with Crippen LogP contribution in [-0.2, 0) is 12.6 Å². The lowest BCUT2D eigenvalue weighted by atomic mass is 10.0. The lowest BCUT2D eigenvalue weighted by Gasteiger charge is -2.13. The number of alkyl halides is 3. The average Bonchev–Trinajstić information content (AvgIpc) is 2.89. The van der Waals surface area contributed by atoms with Crippen LogP contribution in [0.15, 0.2) is 29.1 Å². The summed E-state index contributed by atoms with van der Waals surface area (Å²) in [5.74, 6) is -0.440. The second kappa shape index (κ2) is 6.97. The van der Waals surface area contributed by atoms with E-state index >= 15 is 0 Å². The third-order valence-electron chi connectivity index (χ3n) is 3.93. The summed E-state index contributed by atoms with van der Waals surface area (Å²) in [6, 6.07) is 4.41. The number of aromatic nitrogens is 2. The van der Waals surface area contributed by atoms with Crippen LogP contribution in [0.4, 0.5) is 13.2 Å². The lowest BCUT2D eigenvalue weighted by Crippen LogP contribution is -2.25. The monoisotopic (exact) mass is 415 g/mol. The normalized spacial score (nSPS) is 11.8. The van der Waals surface area contributed by atoms with Gasteiger partial charge in [0.25, 0.3) is 11.5 Å². The first-order chi connectivity index (χ1) is 12.6. The molecular weight excluding hydrogens is 403 g/mol. The molecule has 0 aliphatic carbocycles. The number of aryl methyl sites for hydroxylation is 1. The fourth-order valence-electron chi connectivity index (χ4n) is 2.77. The molecule has 3 aromatic rings. The molecule has 1 amide bonds. The molecule has 3 rings (SSSR count). The number of carbonyl (C=O) groups excluding carboxylic acids is 1. The molecule has 1 aromatic carbocycles. The number of nitrogens with one attached hydrogen (secondary N) is 1. The summed E-state index contributed by atoms with van der Waals surface area (Å²) in [5, 5.41) is 2.61. The molecule has 0 bridgehead atoms. The first-order valence-electron chi connectivity index (χ1n) is 7.71. The highest BCUT2D eigenvalue weighted by atomic mass is 35.5. The van der Waals surface area contributed by atoms with Crippen molar-refractivity contribution >= 4 is 33.8 Å². The molecular formula is C17H13ClF3N3O2S. The molecule has 0 saturated carbocycles. The van der Waals surface area contributed by atoms with Crippen molar-refractivity contribution in [1.29, 1.82) is 0 Å². The Morgan fingerprint density at radius 1 is 1.33 bits per heavy atom. The van der Waals surface area contributed by atoms with Gasteiger partial charge in [0.05, 0.1) is 11.3 Å². The predicted molar refractivity (Wildman–Crippen MR) is 96.7 cm³/mol. The summed E-state index contributed by atoms with van der Waals surface area (Å²) in [5.41, 5.74) is -1.11. The fourth-order valence-corrected chi connectivity index (χ4v) is 3.96. The molecule has 0 fully saturated rings. The van der Waals surface area contributed by atoms with Crippen molar-refractivity contribution in [3.8, 4) is 0 Å². The standard InChI is InChI=1S/C17H13ClF3N3O2S/c1-8-14(15(26)22-2)24-13(25)7-11(23-16(24)27-8)6-9-5-10(18)3-4-12(9)17(19,20)21/h3-5,7H,6H2,1-2H3,(H,22,26). The topological polar surface area (TPSA) is 63.5 Å². The minimum Gasteiger partial charge on any atom is -0.354 e. The van der Waals surface area contributed by atoms with E-state index in [1.165, 1.54) is 13.1 Å². The molecule has 2 heterocycles. The van der Waals surface area contributed by atoms with E-state index in [-0.39, 0.29) is 33.4 Å². The highest BCUT2D eigenvalue weighted by molar-refractivity contribution is 7.17. The van der Waals surface area contributed by atoms with Crippen molar-refractivity contribution in [3.63, 3.8) is 0 Å². The van der Waals surface area contributed by atoms with E-state index in [0.717, 1.165) is 33.9 Å². The Morgan fingerprint density at radius 3 is 2.67 bits per heavy atom. The summed E-state index contributed by atoms with van der Waals surface area (Å²) in [7, 11) is 1.44. The zero-order chi connectivity index (χ0) is 19.9. The second-order valence-electron chi connectivity index (χ2n) is 5.77. The van der Waals surface area contributed by atoms with E-state index < -0.39 is 23.2 Å². The SMILES string of the molecule is CNC(=O)c1c(C)sc2nc(Cc3cc(Cl)ccc3C(F)(F)F)cc(=O)n12. The van der Waals surface area contributed by atoms with E-state index in [1.54, 1.807) is 6.92 Å². The van der Waals surface area contributed by atoms with Crippen LogP contribution in [0.1, 0.15) is 32.2 Å². The smallest absolute Gasteiger partial charge is 0.354 e.